The van der Waals surface area contributed by atoms with E-state index in [1.165, 1.54) is 0 Å². The molecule has 0 atom stereocenters. The molecule has 0 amide bonds. The second-order valence-electron chi connectivity index (χ2n) is 4.57. The molecule has 0 radical (unpaired) electrons. The SMILES string of the molecule is C=C/C(=C\C=C/C)SSCOC(C)C.CC(C)C. The maximum Gasteiger partial charge on any atom is 0.103 e. The summed E-state index contributed by atoms with van der Waals surface area (Å²) in [5, 5.41) is 0. The zero-order chi connectivity index (χ0) is 14.4. The van der Waals surface area contributed by atoms with Crippen molar-refractivity contribution in [2.45, 2.75) is 47.6 Å². The van der Waals surface area contributed by atoms with Gasteiger partial charge in [0.15, 0.2) is 0 Å². The summed E-state index contributed by atoms with van der Waals surface area (Å²) in [5.41, 5.74) is 0. The fraction of sp³-hybridized carbons (Fsp3) is 0.600. The van der Waals surface area contributed by atoms with Gasteiger partial charge in [-0.05, 0) is 32.8 Å². The van der Waals surface area contributed by atoms with Crippen molar-refractivity contribution >= 4 is 21.6 Å². The van der Waals surface area contributed by atoms with Crippen LogP contribution < -0.4 is 0 Å². The predicted molar refractivity (Wildman–Crippen MR) is 89.9 cm³/mol. The fourth-order valence-corrected chi connectivity index (χ4v) is 2.38. The molecule has 0 aliphatic carbocycles. The first-order valence-electron chi connectivity index (χ1n) is 6.30. The van der Waals surface area contributed by atoms with Crippen LogP contribution in [0.15, 0.2) is 35.8 Å². The number of ether oxygens (including phenoxy) is 1. The Balaban J connectivity index is 0. The molecule has 0 N–H and O–H groups in total. The summed E-state index contributed by atoms with van der Waals surface area (Å²) in [6, 6.07) is 0. The fourth-order valence-electron chi connectivity index (χ4n) is 0.577. The van der Waals surface area contributed by atoms with Crippen molar-refractivity contribution in [3.8, 4) is 0 Å². The molecule has 0 rings (SSSR count). The molecular weight excluding hydrogens is 260 g/mol. The summed E-state index contributed by atoms with van der Waals surface area (Å²) in [6.45, 7) is 16.3. The highest BCUT2D eigenvalue weighted by Gasteiger charge is 1.95. The summed E-state index contributed by atoms with van der Waals surface area (Å²) in [6.07, 6.45) is 8.20. The van der Waals surface area contributed by atoms with Crippen molar-refractivity contribution < 1.29 is 4.74 Å². The average molecular weight is 289 g/mol. The minimum absolute atomic E-state index is 0.301. The van der Waals surface area contributed by atoms with Crippen LogP contribution in [0.25, 0.3) is 0 Å². The van der Waals surface area contributed by atoms with E-state index in [0.29, 0.717) is 12.0 Å². The van der Waals surface area contributed by atoms with E-state index < -0.39 is 0 Å². The van der Waals surface area contributed by atoms with E-state index in [-0.39, 0.29) is 0 Å². The average Bonchev–Trinajstić information content (AvgIpc) is 2.27. The molecule has 0 saturated heterocycles. The molecule has 0 bridgehead atoms. The molecule has 1 nitrogen and oxygen atoms in total. The van der Waals surface area contributed by atoms with Gasteiger partial charge in [0, 0.05) is 4.91 Å². The zero-order valence-electron chi connectivity index (χ0n) is 12.6. The molecule has 0 spiro atoms. The molecule has 0 aromatic rings. The monoisotopic (exact) mass is 288 g/mol. The van der Waals surface area contributed by atoms with Crippen LogP contribution in [0.2, 0.25) is 0 Å². The first kappa shape index (κ1) is 20.2. The maximum absolute atomic E-state index is 5.40. The van der Waals surface area contributed by atoms with Crippen molar-refractivity contribution in [2.24, 2.45) is 5.92 Å². The molecule has 106 valence electrons. The number of rotatable bonds is 7. The van der Waals surface area contributed by atoms with Gasteiger partial charge in [0.05, 0.1) is 6.10 Å². The van der Waals surface area contributed by atoms with Gasteiger partial charge in [0.25, 0.3) is 0 Å². The van der Waals surface area contributed by atoms with Crippen LogP contribution in [0, 0.1) is 5.92 Å². The normalized spacial score (nSPS) is 11.9. The van der Waals surface area contributed by atoms with Crippen LogP contribution >= 0.6 is 21.6 Å². The topological polar surface area (TPSA) is 9.23 Å². The lowest BCUT2D eigenvalue weighted by molar-refractivity contribution is 0.121. The van der Waals surface area contributed by atoms with E-state index in [1.807, 2.05) is 45.1 Å². The first-order chi connectivity index (χ1) is 8.43. The lowest BCUT2D eigenvalue weighted by atomic mass is 10.3. The van der Waals surface area contributed by atoms with Crippen molar-refractivity contribution in [1.82, 2.24) is 0 Å². The Morgan fingerprint density at radius 2 is 1.78 bits per heavy atom. The van der Waals surface area contributed by atoms with Crippen LogP contribution in [0.1, 0.15) is 41.5 Å². The van der Waals surface area contributed by atoms with Crippen LogP contribution in [0.3, 0.4) is 0 Å². The Morgan fingerprint density at radius 3 is 2.17 bits per heavy atom. The summed E-state index contributed by atoms with van der Waals surface area (Å²) >= 11 is 0. The van der Waals surface area contributed by atoms with E-state index in [2.05, 4.69) is 27.4 Å². The standard InChI is InChI=1S/C11H18OS2.C4H10/c1-5-7-8-11(6-2)14-13-9-12-10(3)4;1-4(2)3/h5-8,10H,2,9H2,1,3-4H3;4H,1-3H3/b7-5-,11-8+;. The Kier molecular flexibility index (Phi) is 16.8. The smallest absolute Gasteiger partial charge is 0.103 e. The zero-order valence-corrected chi connectivity index (χ0v) is 14.2. The minimum atomic E-state index is 0.301. The van der Waals surface area contributed by atoms with E-state index in [1.54, 1.807) is 21.6 Å². The Labute approximate surface area is 122 Å². The van der Waals surface area contributed by atoms with E-state index in [4.69, 9.17) is 4.74 Å². The Morgan fingerprint density at radius 1 is 1.22 bits per heavy atom. The Hall–Kier alpha value is -0.120. The molecule has 0 aliphatic rings. The lowest BCUT2D eigenvalue weighted by Gasteiger charge is -2.06. The van der Waals surface area contributed by atoms with Crippen LogP contribution in [-0.2, 0) is 4.74 Å². The van der Waals surface area contributed by atoms with E-state index in [0.717, 1.165) is 10.8 Å². The molecule has 0 fully saturated rings. The van der Waals surface area contributed by atoms with Gasteiger partial charge >= 0.3 is 0 Å². The molecule has 0 heterocycles. The molecule has 18 heavy (non-hydrogen) atoms. The summed E-state index contributed by atoms with van der Waals surface area (Å²) in [4.78, 5) is 1.15. The second-order valence-corrected chi connectivity index (χ2v) is 6.88. The number of allylic oxidation sites excluding steroid dienone is 4. The third-order valence-electron chi connectivity index (χ3n) is 1.26. The molecule has 0 aliphatic heterocycles. The largest absolute Gasteiger partial charge is 0.367 e. The van der Waals surface area contributed by atoms with E-state index in [9.17, 15) is 0 Å². The van der Waals surface area contributed by atoms with Gasteiger partial charge in [-0.2, -0.15) is 0 Å². The van der Waals surface area contributed by atoms with Gasteiger partial charge in [0.2, 0.25) is 0 Å². The highest BCUT2D eigenvalue weighted by Crippen LogP contribution is 2.30. The van der Waals surface area contributed by atoms with Crippen molar-refractivity contribution in [1.29, 1.82) is 0 Å². The molecule has 3 heteroatoms. The molecular formula is C15H28OS2. The van der Waals surface area contributed by atoms with Crippen molar-refractivity contribution in [3.63, 3.8) is 0 Å². The first-order valence-corrected chi connectivity index (χ1v) is 8.62. The maximum atomic E-state index is 5.40. The predicted octanol–water partition coefficient (Wildman–Crippen LogP) is 6.06. The van der Waals surface area contributed by atoms with Crippen molar-refractivity contribution in [2.75, 3.05) is 5.94 Å². The van der Waals surface area contributed by atoms with E-state index >= 15 is 0 Å². The van der Waals surface area contributed by atoms with Gasteiger partial charge in [0.1, 0.15) is 5.94 Å². The van der Waals surface area contributed by atoms with Crippen molar-refractivity contribution in [3.05, 3.63) is 35.8 Å². The highest BCUT2D eigenvalue weighted by molar-refractivity contribution is 8.78. The summed E-state index contributed by atoms with van der Waals surface area (Å²) < 4.78 is 5.40. The summed E-state index contributed by atoms with van der Waals surface area (Å²) in [7, 11) is 3.37. The minimum Gasteiger partial charge on any atom is -0.367 e. The number of hydrogen-bond donors (Lipinski definition) is 0. The molecule has 0 aromatic heterocycles. The molecule has 0 saturated carbocycles. The van der Waals surface area contributed by atoms with Gasteiger partial charge in [-0.1, -0.05) is 67.2 Å². The number of hydrogen-bond acceptors (Lipinski definition) is 3. The van der Waals surface area contributed by atoms with Crippen LogP contribution in [0.5, 0.6) is 0 Å². The van der Waals surface area contributed by atoms with Gasteiger partial charge in [-0.3, -0.25) is 0 Å². The lowest BCUT2D eigenvalue weighted by Crippen LogP contribution is -1.99. The van der Waals surface area contributed by atoms with Crippen LogP contribution in [0.4, 0.5) is 0 Å². The quantitative estimate of drug-likeness (QED) is 0.244. The summed E-state index contributed by atoms with van der Waals surface area (Å²) in [5.74, 6) is 1.54. The van der Waals surface area contributed by atoms with Gasteiger partial charge in [-0.15, -0.1) is 0 Å². The second kappa shape index (κ2) is 14.9. The Bertz CT molecular complexity index is 240. The third kappa shape index (κ3) is 21.2. The van der Waals surface area contributed by atoms with Gasteiger partial charge < -0.3 is 4.74 Å². The highest BCUT2D eigenvalue weighted by atomic mass is 33.1. The third-order valence-corrected chi connectivity index (χ3v) is 3.32. The van der Waals surface area contributed by atoms with Crippen LogP contribution in [-0.4, -0.2) is 12.0 Å². The molecule has 0 aromatic carbocycles. The molecule has 0 unspecified atom stereocenters. The van der Waals surface area contributed by atoms with Gasteiger partial charge in [-0.25, -0.2) is 0 Å².